The van der Waals surface area contributed by atoms with Gasteiger partial charge < -0.3 is 5.32 Å². The second kappa shape index (κ2) is 7.29. The summed E-state index contributed by atoms with van der Waals surface area (Å²) in [7, 11) is -3.77. The van der Waals surface area contributed by atoms with Crippen LogP contribution in [0, 0.1) is 23.2 Å². The van der Waals surface area contributed by atoms with Crippen LogP contribution >= 0.6 is 11.6 Å². The third kappa shape index (κ3) is 3.83. The lowest BCUT2D eigenvalue weighted by Gasteiger charge is -2.59. The van der Waals surface area contributed by atoms with Crippen molar-refractivity contribution in [3.63, 3.8) is 0 Å². The number of carbonyl (C=O) groups is 1. The molecule has 2 atom stereocenters. The van der Waals surface area contributed by atoms with Crippen LogP contribution in [-0.4, -0.2) is 26.4 Å². The van der Waals surface area contributed by atoms with Crippen LogP contribution in [0.2, 0.25) is 5.02 Å². The Balaban J connectivity index is 1.40. The van der Waals surface area contributed by atoms with Crippen molar-refractivity contribution >= 4 is 27.5 Å². The average Bonchev–Trinajstić information content (AvgIpc) is 2.60. The van der Waals surface area contributed by atoms with E-state index in [9.17, 15) is 13.2 Å². The van der Waals surface area contributed by atoms with Crippen LogP contribution in [0.15, 0.2) is 29.2 Å². The molecule has 2 N–H and O–H groups in total. The molecule has 0 aromatic heterocycles. The molecule has 4 aliphatic carbocycles. The minimum Gasteiger partial charge on any atom is -0.352 e. The van der Waals surface area contributed by atoms with Gasteiger partial charge in [-0.05, 0) is 99.8 Å². The molecule has 1 aromatic carbocycles. The Labute approximate surface area is 172 Å². The van der Waals surface area contributed by atoms with Crippen LogP contribution in [0.4, 0.5) is 0 Å². The van der Waals surface area contributed by atoms with Crippen molar-refractivity contribution in [1.82, 2.24) is 10.0 Å². The molecule has 4 aliphatic rings. The maximum atomic E-state index is 12.8. The summed E-state index contributed by atoms with van der Waals surface area (Å²) in [5.41, 5.74) is 0.194. The lowest BCUT2D eigenvalue weighted by molar-refractivity contribution is -0.127. The number of nitrogens with one attached hydrogen (secondary N) is 2. The molecule has 5 rings (SSSR count). The van der Waals surface area contributed by atoms with Crippen LogP contribution in [0.1, 0.15) is 52.4 Å². The molecular weight excluding hydrogens is 396 g/mol. The molecule has 1 aromatic rings. The van der Waals surface area contributed by atoms with E-state index >= 15 is 0 Å². The number of sulfonamides is 1. The summed E-state index contributed by atoms with van der Waals surface area (Å²) < 4.78 is 27.6. The lowest BCUT2D eigenvalue weighted by atomic mass is 9.48. The molecule has 4 fully saturated rings. The van der Waals surface area contributed by atoms with E-state index in [-0.39, 0.29) is 22.3 Å². The van der Waals surface area contributed by atoms with Crippen molar-refractivity contribution in [2.24, 2.45) is 23.2 Å². The molecule has 0 unspecified atom stereocenters. The number of benzene rings is 1. The maximum Gasteiger partial charge on any atom is 0.241 e. The van der Waals surface area contributed by atoms with Crippen LogP contribution in [-0.2, 0) is 14.8 Å². The fourth-order valence-corrected chi connectivity index (χ4v) is 7.50. The molecule has 4 bridgehead atoms. The first-order valence-electron chi connectivity index (χ1n) is 10.3. The summed E-state index contributed by atoms with van der Waals surface area (Å²) in [6, 6.07) is 5.15. The van der Waals surface area contributed by atoms with Crippen LogP contribution < -0.4 is 10.0 Å². The zero-order valence-corrected chi connectivity index (χ0v) is 18.0. The summed E-state index contributed by atoms with van der Waals surface area (Å²) in [5, 5.41) is 3.60. The van der Waals surface area contributed by atoms with Gasteiger partial charge in [0.2, 0.25) is 15.9 Å². The summed E-state index contributed by atoms with van der Waals surface area (Å²) in [6.07, 6.45) is 7.67. The number of rotatable bonds is 6. The van der Waals surface area contributed by atoms with Crippen LogP contribution in [0.3, 0.4) is 0 Å². The van der Waals surface area contributed by atoms with Gasteiger partial charge in [0.1, 0.15) is 0 Å². The third-order valence-corrected chi connectivity index (χ3v) is 9.02. The Morgan fingerprint density at radius 2 is 1.54 bits per heavy atom. The van der Waals surface area contributed by atoms with Gasteiger partial charge in [-0.25, -0.2) is 8.42 Å². The molecule has 0 radical (unpaired) electrons. The van der Waals surface area contributed by atoms with E-state index in [1.54, 1.807) is 6.92 Å². The minimum absolute atomic E-state index is 0.0656. The highest BCUT2D eigenvalue weighted by Crippen LogP contribution is 2.61. The van der Waals surface area contributed by atoms with E-state index < -0.39 is 16.1 Å². The molecule has 0 spiro atoms. The molecule has 7 heteroatoms. The van der Waals surface area contributed by atoms with Crippen LogP contribution in [0.5, 0.6) is 0 Å². The van der Waals surface area contributed by atoms with Gasteiger partial charge in [0, 0.05) is 11.1 Å². The molecule has 28 heavy (non-hydrogen) atoms. The summed E-state index contributed by atoms with van der Waals surface area (Å²) in [4.78, 5) is 12.9. The van der Waals surface area contributed by atoms with Gasteiger partial charge in [-0.1, -0.05) is 11.6 Å². The van der Waals surface area contributed by atoms with E-state index in [2.05, 4.69) is 17.0 Å². The smallest absolute Gasteiger partial charge is 0.241 e. The highest BCUT2D eigenvalue weighted by molar-refractivity contribution is 7.89. The first-order chi connectivity index (χ1) is 13.2. The summed E-state index contributed by atoms with van der Waals surface area (Å²) in [6.45, 7) is 3.70. The summed E-state index contributed by atoms with van der Waals surface area (Å²) >= 11 is 5.82. The first-order valence-corrected chi connectivity index (χ1v) is 12.1. The third-order valence-electron chi connectivity index (χ3n) is 7.21. The largest absolute Gasteiger partial charge is 0.352 e. The standard InChI is InChI=1S/C21H29ClN2O3S/c1-13(24-28(26,27)19-5-3-18(22)4-6-19)20(25)23-14(2)21-10-15-7-16(11-21)9-17(8-15)12-21/h3-6,13-17,24H,7-12H2,1-2H3,(H,23,25)/t13-,14-,15?,16?,17?,21?/m0/s1. The van der Waals surface area contributed by atoms with E-state index in [4.69, 9.17) is 11.6 Å². The fourth-order valence-electron chi connectivity index (χ4n) is 6.17. The van der Waals surface area contributed by atoms with Gasteiger partial charge in [0.05, 0.1) is 10.9 Å². The highest BCUT2D eigenvalue weighted by Gasteiger charge is 2.53. The SMILES string of the molecule is C[C@H](NS(=O)(=O)c1ccc(Cl)cc1)C(=O)N[C@@H](C)C12CC3CC(CC(C3)C1)C2. The zero-order valence-electron chi connectivity index (χ0n) is 16.4. The van der Waals surface area contributed by atoms with Crippen molar-refractivity contribution in [3.05, 3.63) is 29.3 Å². The summed E-state index contributed by atoms with van der Waals surface area (Å²) in [5.74, 6) is 2.17. The zero-order chi connectivity index (χ0) is 20.1. The van der Waals surface area contributed by atoms with Crippen molar-refractivity contribution in [2.75, 3.05) is 0 Å². The molecule has 4 saturated carbocycles. The molecule has 1 amide bonds. The quantitative estimate of drug-likeness (QED) is 0.730. The molecule has 154 valence electrons. The normalized spacial score (nSPS) is 33.5. The first kappa shape index (κ1) is 20.2. The van der Waals surface area contributed by atoms with Gasteiger partial charge in [-0.3, -0.25) is 4.79 Å². The predicted octanol–water partition coefficient (Wildman–Crippen LogP) is 3.73. The van der Waals surface area contributed by atoms with E-state index in [0.717, 1.165) is 17.8 Å². The highest BCUT2D eigenvalue weighted by atomic mass is 35.5. The maximum absolute atomic E-state index is 12.8. The second-order valence-electron chi connectivity index (χ2n) is 9.31. The Kier molecular flexibility index (Phi) is 5.26. The molecule has 0 aliphatic heterocycles. The molecule has 0 heterocycles. The number of amides is 1. The van der Waals surface area contributed by atoms with Gasteiger partial charge in [-0.2, -0.15) is 4.72 Å². The minimum atomic E-state index is -3.77. The fraction of sp³-hybridized carbons (Fsp3) is 0.667. The van der Waals surface area contributed by atoms with Gasteiger partial charge in [0.15, 0.2) is 0 Å². The predicted molar refractivity (Wildman–Crippen MR) is 109 cm³/mol. The second-order valence-corrected chi connectivity index (χ2v) is 11.5. The number of hydrogen-bond donors (Lipinski definition) is 2. The van der Waals surface area contributed by atoms with Crippen molar-refractivity contribution < 1.29 is 13.2 Å². The van der Waals surface area contributed by atoms with Gasteiger partial charge >= 0.3 is 0 Å². The average molecular weight is 425 g/mol. The Morgan fingerprint density at radius 3 is 2.04 bits per heavy atom. The molecule has 0 saturated heterocycles. The molecule has 5 nitrogen and oxygen atoms in total. The van der Waals surface area contributed by atoms with Gasteiger partial charge in [-0.15, -0.1) is 0 Å². The monoisotopic (exact) mass is 424 g/mol. The van der Waals surface area contributed by atoms with E-state index in [1.165, 1.54) is 62.8 Å². The van der Waals surface area contributed by atoms with Crippen molar-refractivity contribution in [2.45, 2.75) is 69.4 Å². The Morgan fingerprint density at radius 1 is 1.04 bits per heavy atom. The number of hydrogen-bond acceptors (Lipinski definition) is 3. The lowest BCUT2D eigenvalue weighted by Crippen LogP contribution is -2.58. The Bertz CT molecular complexity index is 818. The topological polar surface area (TPSA) is 75.3 Å². The van der Waals surface area contributed by atoms with E-state index in [1.807, 2.05) is 0 Å². The molecular formula is C21H29ClN2O3S. The van der Waals surface area contributed by atoms with Crippen LogP contribution in [0.25, 0.3) is 0 Å². The number of halogens is 1. The van der Waals surface area contributed by atoms with Crippen molar-refractivity contribution in [3.8, 4) is 0 Å². The Hall–Kier alpha value is -1.11. The number of carbonyl (C=O) groups excluding carboxylic acids is 1. The van der Waals surface area contributed by atoms with Crippen molar-refractivity contribution in [1.29, 1.82) is 0 Å². The van der Waals surface area contributed by atoms with E-state index in [0.29, 0.717) is 5.02 Å². The van der Waals surface area contributed by atoms with Gasteiger partial charge in [0.25, 0.3) is 0 Å².